The Morgan fingerprint density at radius 2 is 1.86 bits per heavy atom. The van der Waals surface area contributed by atoms with E-state index in [1.54, 1.807) is 29.2 Å². The second-order valence-corrected chi connectivity index (χ2v) is 7.54. The fraction of sp³-hybridized carbons (Fsp3) is 0.318. The van der Waals surface area contributed by atoms with E-state index in [0.29, 0.717) is 42.4 Å². The number of carbonyl (C=O) groups is 1. The molecule has 1 fully saturated rings. The van der Waals surface area contributed by atoms with Gasteiger partial charge in [0.25, 0.3) is 5.56 Å². The van der Waals surface area contributed by atoms with Gasteiger partial charge in [-0.2, -0.15) is 0 Å². The first-order chi connectivity index (χ1) is 14.8. The first-order valence-corrected chi connectivity index (χ1v) is 9.94. The number of nitrogens with zero attached hydrogens (tertiary/aromatic N) is 2. The number of H-pyrrole nitrogens is 1. The summed E-state index contributed by atoms with van der Waals surface area (Å²) < 4.78 is 31.7. The third kappa shape index (κ3) is 4.21. The number of aromatic amines is 1. The van der Waals surface area contributed by atoms with Gasteiger partial charge in [-0.15, -0.1) is 0 Å². The number of ketones is 1. The average Bonchev–Trinajstić information content (AvgIpc) is 2.77. The molecule has 29 heavy (non-hydrogen) atoms. The van der Waals surface area contributed by atoms with Crippen LogP contribution in [-0.4, -0.2) is 39.8 Å². The van der Waals surface area contributed by atoms with E-state index < -0.39 is 6.50 Å². The van der Waals surface area contributed by atoms with Crippen molar-refractivity contribution in [1.82, 2.24) is 14.5 Å². The summed E-state index contributed by atoms with van der Waals surface area (Å²) in [6.07, 6.45) is 0.990. The Kier molecular flexibility index (Phi) is 4.99. The largest absolute Gasteiger partial charge is 0.332 e. The third-order valence-electron chi connectivity index (χ3n) is 5.34. The van der Waals surface area contributed by atoms with E-state index >= 15 is 0 Å². The predicted molar refractivity (Wildman–Crippen MR) is 113 cm³/mol. The number of para-hydroxylation sites is 1. The SMILES string of the molecule is [2H]C([2H])(Cn1c(=S)[nH]c2ccccc2c1=O)N1CCC(C(=O)c2ccc([18F])cc2)CC1. The first kappa shape index (κ1) is 17.2. The summed E-state index contributed by atoms with van der Waals surface area (Å²) in [6, 6.07) is 12.5. The number of rotatable bonds is 5. The lowest BCUT2D eigenvalue weighted by atomic mass is 9.89. The van der Waals surface area contributed by atoms with Gasteiger partial charge in [0.05, 0.1) is 10.9 Å². The number of halogens is 1. The minimum atomic E-state index is -1.81. The van der Waals surface area contributed by atoms with Gasteiger partial charge in [0, 0.05) is 27.3 Å². The molecule has 0 aliphatic carbocycles. The van der Waals surface area contributed by atoms with Crippen molar-refractivity contribution in [2.45, 2.75) is 19.4 Å². The van der Waals surface area contributed by atoms with Crippen molar-refractivity contribution in [3.05, 3.63) is 75.0 Å². The fourth-order valence-electron chi connectivity index (χ4n) is 3.66. The number of hydrogen-bond acceptors (Lipinski definition) is 4. The third-order valence-corrected chi connectivity index (χ3v) is 5.66. The van der Waals surface area contributed by atoms with Gasteiger partial charge in [0.15, 0.2) is 10.6 Å². The maximum Gasteiger partial charge on any atom is 0.262 e. The molecule has 4 rings (SSSR count). The van der Waals surface area contributed by atoms with Crippen LogP contribution in [-0.2, 0) is 6.54 Å². The smallest absolute Gasteiger partial charge is 0.262 e. The maximum absolute atomic E-state index is 13.1. The van der Waals surface area contributed by atoms with E-state index in [1.807, 2.05) is 0 Å². The van der Waals surface area contributed by atoms with Gasteiger partial charge >= 0.3 is 0 Å². The Hall–Kier alpha value is -2.64. The molecule has 1 aromatic heterocycles. The number of benzene rings is 2. The van der Waals surface area contributed by atoms with Crippen molar-refractivity contribution in [2.75, 3.05) is 19.6 Å². The molecular formula is C22H22FN3O2S. The molecule has 2 aromatic carbocycles. The van der Waals surface area contributed by atoms with Gasteiger partial charge in [-0.1, -0.05) is 12.1 Å². The van der Waals surface area contributed by atoms with Crippen LogP contribution in [0.2, 0.25) is 0 Å². The molecule has 0 atom stereocenters. The molecule has 1 aliphatic rings. The van der Waals surface area contributed by atoms with E-state index in [1.165, 1.54) is 28.8 Å². The Bertz CT molecular complexity index is 1230. The topological polar surface area (TPSA) is 58.1 Å². The Morgan fingerprint density at radius 3 is 2.59 bits per heavy atom. The molecule has 0 bridgehead atoms. The lowest BCUT2D eigenvalue weighted by Crippen LogP contribution is -2.39. The summed E-state index contributed by atoms with van der Waals surface area (Å²) in [5.74, 6) is -0.668. The van der Waals surface area contributed by atoms with Crippen molar-refractivity contribution in [3.8, 4) is 0 Å². The van der Waals surface area contributed by atoms with E-state index in [4.69, 9.17) is 15.0 Å². The summed E-state index contributed by atoms with van der Waals surface area (Å²) >= 11 is 5.30. The van der Waals surface area contributed by atoms with Gasteiger partial charge in [-0.3, -0.25) is 14.2 Å². The highest BCUT2D eigenvalue weighted by atomic mass is 32.1. The first-order valence-electron chi connectivity index (χ1n) is 10.5. The van der Waals surface area contributed by atoms with E-state index in [0.717, 1.165) is 0 Å². The summed E-state index contributed by atoms with van der Waals surface area (Å²) in [4.78, 5) is 30.2. The van der Waals surface area contributed by atoms with E-state index in [-0.39, 0.29) is 34.4 Å². The van der Waals surface area contributed by atoms with Crippen LogP contribution >= 0.6 is 12.2 Å². The minimum Gasteiger partial charge on any atom is -0.332 e. The molecule has 5 nitrogen and oxygen atoms in total. The van der Waals surface area contributed by atoms with Gasteiger partial charge in [0.1, 0.15) is 5.82 Å². The molecular weight excluding hydrogens is 388 g/mol. The zero-order valence-corrected chi connectivity index (χ0v) is 16.5. The maximum atomic E-state index is 13.1. The highest BCUT2D eigenvalue weighted by molar-refractivity contribution is 7.71. The van der Waals surface area contributed by atoms with Crippen molar-refractivity contribution in [2.24, 2.45) is 5.92 Å². The van der Waals surface area contributed by atoms with Crippen LogP contribution in [0.15, 0.2) is 53.3 Å². The number of fused-ring (bicyclic) bond motifs is 1. The monoisotopic (exact) mass is 412 g/mol. The predicted octanol–water partition coefficient (Wildman–Crippen LogP) is 3.79. The molecule has 0 unspecified atom stereocenters. The lowest BCUT2D eigenvalue weighted by molar-refractivity contribution is 0.0837. The molecule has 0 saturated carbocycles. The van der Waals surface area contributed by atoms with Gasteiger partial charge in [0.2, 0.25) is 0 Å². The summed E-state index contributed by atoms with van der Waals surface area (Å²) in [7, 11) is 0. The van der Waals surface area contributed by atoms with E-state index in [9.17, 15) is 14.0 Å². The van der Waals surface area contributed by atoms with Crippen molar-refractivity contribution in [3.63, 3.8) is 0 Å². The van der Waals surface area contributed by atoms with Gasteiger partial charge in [-0.25, -0.2) is 4.39 Å². The van der Waals surface area contributed by atoms with Crippen molar-refractivity contribution >= 4 is 28.9 Å². The number of Topliss-reactive ketones (excluding diaryl/α,β-unsaturated/α-hetero) is 1. The Balaban J connectivity index is 1.48. The van der Waals surface area contributed by atoms with Crippen LogP contribution < -0.4 is 5.56 Å². The number of likely N-dealkylation sites (tertiary alicyclic amines) is 1. The quantitative estimate of drug-likeness (QED) is 0.512. The standard InChI is InChI=1S/C22H22FN3O2S/c23-17-7-5-15(6-8-17)20(27)16-9-11-25(12-10-16)13-14-26-21(28)18-3-1-2-4-19(18)24-22(26)29/h1-8,16H,9-14H2,(H,24,29)/i13D2,23-1. The molecule has 1 N–H and O–H groups in total. The van der Waals surface area contributed by atoms with E-state index in [2.05, 4.69) is 4.98 Å². The summed E-state index contributed by atoms with van der Waals surface area (Å²) in [5, 5.41) is 0.454. The Morgan fingerprint density at radius 1 is 1.17 bits per heavy atom. The zero-order valence-electron chi connectivity index (χ0n) is 17.7. The molecule has 3 aromatic rings. The highest BCUT2D eigenvalue weighted by Crippen LogP contribution is 2.22. The number of hydrogen-bond donors (Lipinski definition) is 1. The van der Waals surface area contributed by atoms with Crippen LogP contribution in [0.4, 0.5) is 4.39 Å². The van der Waals surface area contributed by atoms with Gasteiger partial charge < -0.3 is 9.88 Å². The van der Waals surface area contributed by atoms with Crippen molar-refractivity contribution in [1.29, 1.82) is 0 Å². The number of carbonyl (C=O) groups excluding carboxylic acids is 1. The molecule has 7 heteroatoms. The molecule has 2 heterocycles. The molecule has 150 valence electrons. The number of aromatic nitrogens is 2. The lowest BCUT2D eigenvalue weighted by Gasteiger charge is -2.31. The zero-order chi connectivity index (χ0) is 22.2. The normalized spacial score (nSPS) is 17.1. The summed E-state index contributed by atoms with van der Waals surface area (Å²) in [6.45, 7) is -1.26. The molecule has 0 radical (unpaired) electrons. The van der Waals surface area contributed by atoms with Crippen LogP contribution in [0.25, 0.3) is 10.9 Å². The Labute approximate surface area is 175 Å². The van der Waals surface area contributed by atoms with Crippen LogP contribution in [0.5, 0.6) is 0 Å². The fourth-order valence-corrected chi connectivity index (χ4v) is 3.92. The summed E-state index contributed by atoms with van der Waals surface area (Å²) in [5.41, 5.74) is 0.760. The van der Waals surface area contributed by atoms with Gasteiger partial charge in [-0.05, 0) is 74.5 Å². The second-order valence-electron chi connectivity index (χ2n) is 7.16. The molecule has 1 aliphatic heterocycles. The van der Waals surface area contributed by atoms with Crippen molar-refractivity contribution < 1.29 is 11.9 Å². The minimum absolute atomic E-state index is 0.0478. The van der Waals surface area contributed by atoms with Crippen LogP contribution in [0.1, 0.15) is 25.9 Å². The second kappa shape index (κ2) is 8.39. The molecule has 0 spiro atoms. The van der Waals surface area contributed by atoms with Crippen LogP contribution in [0, 0.1) is 16.5 Å². The molecule has 1 saturated heterocycles. The van der Waals surface area contributed by atoms with Crippen LogP contribution in [0.3, 0.4) is 0 Å². The number of piperidine rings is 1. The number of nitrogens with one attached hydrogen (secondary N) is 1. The molecule has 0 amide bonds. The highest BCUT2D eigenvalue weighted by Gasteiger charge is 2.25. The average molecular weight is 413 g/mol.